The SMILES string of the molecule is COc1ccc2c(=O)c3c(O)c(O)ccc3oc2c1. The average molecular weight is 258 g/mol. The molecule has 0 atom stereocenters. The molecule has 0 aliphatic carbocycles. The third-order valence-electron chi connectivity index (χ3n) is 3.00. The summed E-state index contributed by atoms with van der Waals surface area (Å²) < 4.78 is 10.6. The maximum absolute atomic E-state index is 12.3. The molecule has 2 aromatic carbocycles. The number of benzene rings is 2. The first-order chi connectivity index (χ1) is 9.11. The summed E-state index contributed by atoms with van der Waals surface area (Å²) in [7, 11) is 1.52. The van der Waals surface area contributed by atoms with Crippen molar-refractivity contribution in [3.8, 4) is 17.2 Å². The van der Waals surface area contributed by atoms with Gasteiger partial charge in [-0.3, -0.25) is 4.79 Å². The van der Waals surface area contributed by atoms with Gasteiger partial charge in [0.25, 0.3) is 0 Å². The van der Waals surface area contributed by atoms with Crippen LogP contribution in [0.2, 0.25) is 0 Å². The van der Waals surface area contributed by atoms with E-state index in [2.05, 4.69) is 0 Å². The Morgan fingerprint density at radius 2 is 1.89 bits per heavy atom. The van der Waals surface area contributed by atoms with Crippen molar-refractivity contribution in [1.82, 2.24) is 0 Å². The number of ether oxygens (including phenoxy) is 1. The fourth-order valence-corrected chi connectivity index (χ4v) is 2.02. The number of fused-ring (bicyclic) bond motifs is 2. The number of hydrogen-bond acceptors (Lipinski definition) is 5. The Hall–Kier alpha value is -2.69. The zero-order valence-electron chi connectivity index (χ0n) is 10.0. The molecule has 0 saturated carbocycles. The van der Waals surface area contributed by atoms with Crippen LogP contribution >= 0.6 is 0 Å². The van der Waals surface area contributed by atoms with Gasteiger partial charge >= 0.3 is 0 Å². The van der Waals surface area contributed by atoms with Crippen molar-refractivity contribution in [2.45, 2.75) is 0 Å². The summed E-state index contributed by atoms with van der Waals surface area (Å²) in [6, 6.07) is 7.49. The second kappa shape index (κ2) is 3.91. The average Bonchev–Trinajstić information content (AvgIpc) is 2.42. The normalized spacial score (nSPS) is 11.0. The first kappa shape index (κ1) is 11.4. The quantitative estimate of drug-likeness (QED) is 0.517. The van der Waals surface area contributed by atoms with Crippen molar-refractivity contribution in [3.63, 3.8) is 0 Å². The molecule has 0 aliphatic rings. The van der Waals surface area contributed by atoms with Crippen LogP contribution in [-0.2, 0) is 0 Å². The molecule has 0 unspecified atom stereocenters. The van der Waals surface area contributed by atoms with Crippen LogP contribution in [0.3, 0.4) is 0 Å². The highest BCUT2D eigenvalue weighted by molar-refractivity contribution is 5.94. The van der Waals surface area contributed by atoms with Crippen molar-refractivity contribution in [3.05, 3.63) is 40.6 Å². The lowest BCUT2D eigenvalue weighted by atomic mass is 10.1. The summed E-state index contributed by atoms with van der Waals surface area (Å²) in [6.07, 6.45) is 0. The van der Waals surface area contributed by atoms with Gasteiger partial charge in [-0.1, -0.05) is 0 Å². The first-order valence-corrected chi connectivity index (χ1v) is 5.57. The van der Waals surface area contributed by atoms with Gasteiger partial charge in [0, 0.05) is 6.07 Å². The van der Waals surface area contributed by atoms with Gasteiger partial charge in [0.05, 0.1) is 12.5 Å². The molecule has 3 rings (SSSR count). The van der Waals surface area contributed by atoms with E-state index in [1.807, 2.05) is 0 Å². The predicted molar refractivity (Wildman–Crippen MR) is 69.9 cm³/mol. The fraction of sp³-hybridized carbons (Fsp3) is 0.0714. The summed E-state index contributed by atoms with van der Waals surface area (Å²) >= 11 is 0. The van der Waals surface area contributed by atoms with Gasteiger partial charge in [0.2, 0.25) is 5.43 Å². The van der Waals surface area contributed by atoms with Gasteiger partial charge in [-0.2, -0.15) is 0 Å². The molecule has 0 bridgehead atoms. The first-order valence-electron chi connectivity index (χ1n) is 5.57. The van der Waals surface area contributed by atoms with Gasteiger partial charge in [0.1, 0.15) is 22.3 Å². The van der Waals surface area contributed by atoms with Crippen LogP contribution in [0.1, 0.15) is 0 Å². The van der Waals surface area contributed by atoms with E-state index < -0.39 is 11.2 Å². The standard InChI is InChI=1S/C14H10O5/c1-18-7-2-3-8-11(6-7)19-10-5-4-9(15)14(17)12(10)13(8)16/h2-6,15,17H,1H3. The maximum atomic E-state index is 12.3. The summed E-state index contributed by atoms with van der Waals surface area (Å²) in [5.41, 5.74) is 0.176. The van der Waals surface area contributed by atoms with E-state index in [-0.39, 0.29) is 16.7 Å². The monoisotopic (exact) mass is 258 g/mol. The van der Waals surface area contributed by atoms with Gasteiger partial charge in [-0.15, -0.1) is 0 Å². The highest BCUT2D eigenvalue weighted by Gasteiger charge is 2.14. The Bertz CT molecular complexity index is 848. The molecule has 0 radical (unpaired) electrons. The summed E-state index contributed by atoms with van der Waals surface area (Å²) in [6.45, 7) is 0. The largest absolute Gasteiger partial charge is 0.504 e. The number of phenols is 2. The zero-order chi connectivity index (χ0) is 13.6. The Labute approximate surface area is 107 Å². The Balaban J connectivity index is 2.52. The number of rotatable bonds is 1. The number of methoxy groups -OCH3 is 1. The minimum absolute atomic E-state index is 0.0299. The van der Waals surface area contributed by atoms with Gasteiger partial charge in [0.15, 0.2) is 11.5 Å². The molecule has 96 valence electrons. The highest BCUT2D eigenvalue weighted by Crippen LogP contribution is 2.33. The predicted octanol–water partition coefficient (Wildman–Crippen LogP) is 2.37. The van der Waals surface area contributed by atoms with E-state index in [1.54, 1.807) is 18.2 Å². The Kier molecular flexibility index (Phi) is 2.35. The topological polar surface area (TPSA) is 79.9 Å². The van der Waals surface area contributed by atoms with Crippen LogP contribution in [0.4, 0.5) is 0 Å². The molecule has 5 heteroatoms. The molecule has 0 fully saturated rings. The fourth-order valence-electron chi connectivity index (χ4n) is 2.02. The second-order valence-electron chi connectivity index (χ2n) is 4.10. The van der Waals surface area contributed by atoms with Crippen LogP contribution in [0.15, 0.2) is 39.5 Å². The van der Waals surface area contributed by atoms with Crippen molar-refractivity contribution >= 4 is 21.9 Å². The highest BCUT2D eigenvalue weighted by atomic mass is 16.5. The summed E-state index contributed by atoms with van der Waals surface area (Å²) in [5, 5.41) is 19.5. The minimum Gasteiger partial charge on any atom is -0.504 e. The molecule has 1 aromatic heterocycles. The van der Waals surface area contributed by atoms with Crippen molar-refractivity contribution in [2.75, 3.05) is 7.11 Å². The third kappa shape index (κ3) is 1.59. The van der Waals surface area contributed by atoms with E-state index in [4.69, 9.17) is 9.15 Å². The molecule has 0 spiro atoms. The van der Waals surface area contributed by atoms with Crippen molar-refractivity contribution < 1.29 is 19.4 Å². The third-order valence-corrected chi connectivity index (χ3v) is 3.00. The summed E-state index contributed by atoms with van der Waals surface area (Å²) in [5.74, 6) is -0.255. The summed E-state index contributed by atoms with van der Waals surface area (Å²) in [4.78, 5) is 12.3. The van der Waals surface area contributed by atoms with Crippen molar-refractivity contribution in [1.29, 1.82) is 0 Å². The Morgan fingerprint density at radius 1 is 1.11 bits per heavy atom. The molecule has 3 aromatic rings. The molecule has 0 saturated heterocycles. The molecule has 1 heterocycles. The zero-order valence-corrected chi connectivity index (χ0v) is 10.0. The smallest absolute Gasteiger partial charge is 0.204 e. The minimum atomic E-state index is -0.469. The van der Waals surface area contributed by atoms with Crippen LogP contribution in [0.5, 0.6) is 17.2 Å². The van der Waals surface area contributed by atoms with Crippen LogP contribution < -0.4 is 10.2 Å². The van der Waals surface area contributed by atoms with Gasteiger partial charge in [-0.25, -0.2) is 0 Å². The van der Waals surface area contributed by atoms with Crippen LogP contribution in [-0.4, -0.2) is 17.3 Å². The van der Waals surface area contributed by atoms with Gasteiger partial charge < -0.3 is 19.4 Å². The molecule has 0 amide bonds. The molecule has 0 aliphatic heterocycles. The van der Waals surface area contributed by atoms with Crippen LogP contribution in [0, 0.1) is 0 Å². The number of aromatic hydroxyl groups is 2. The van der Waals surface area contributed by atoms with Crippen molar-refractivity contribution in [2.24, 2.45) is 0 Å². The lowest BCUT2D eigenvalue weighted by Gasteiger charge is -2.05. The van der Waals surface area contributed by atoms with E-state index in [1.165, 1.54) is 19.2 Å². The van der Waals surface area contributed by atoms with Crippen LogP contribution in [0.25, 0.3) is 21.9 Å². The number of hydrogen-bond donors (Lipinski definition) is 2. The van der Waals surface area contributed by atoms with Gasteiger partial charge in [-0.05, 0) is 24.3 Å². The number of phenolic OH excluding ortho intramolecular Hbond substituents is 2. The lowest BCUT2D eigenvalue weighted by molar-refractivity contribution is 0.407. The molecule has 19 heavy (non-hydrogen) atoms. The molecular weight excluding hydrogens is 248 g/mol. The maximum Gasteiger partial charge on any atom is 0.204 e. The van der Waals surface area contributed by atoms with E-state index in [0.29, 0.717) is 16.7 Å². The molecular formula is C14H10O5. The Morgan fingerprint density at radius 3 is 2.63 bits per heavy atom. The molecule has 5 nitrogen and oxygen atoms in total. The lowest BCUT2D eigenvalue weighted by Crippen LogP contribution is -2.02. The molecule has 2 N–H and O–H groups in total. The van der Waals surface area contributed by atoms with E-state index >= 15 is 0 Å². The van der Waals surface area contributed by atoms with E-state index in [0.717, 1.165) is 0 Å². The second-order valence-corrected chi connectivity index (χ2v) is 4.10. The van der Waals surface area contributed by atoms with E-state index in [9.17, 15) is 15.0 Å².